The zero-order valence-electron chi connectivity index (χ0n) is 9.87. The summed E-state index contributed by atoms with van der Waals surface area (Å²) in [7, 11) is 1.64. The maximum atomic E-state index is 5.27. The molecule has 0 bridgehead atoms. The molecule has 0 saturated carbocycles. The van der Waals surface area contributed by atoms with E-state index >= 15 is 0 Å². The summed E-state index contributed by atoms with van der Waals surface area (Å²) >= 11 is 0. The molecule has 5 heteroatoms. The number of nitrogens with one attached hydrogen (secondary N) is 1. The molecule has 1 aromatic carbocycles. The number of anilines is 2. The van der Waals surface area contributed by atoms with Crippen LogP contribution < -0.4 is 10.1 Å². The van der Waals surface area contributed by atoms with Gasteiger partial charge < -0.3 is 10.1 Å². The fourth-order valence-electron chi connectivity index (χ4n) is 1.75. The highest BCUT2D eigenvalue weighted by Crippen LogP contribution is 2.25. The van der Waals surface area contributed by atoms with Crippen molar-refractivity contribution in [1.82, 2.24) is 14.6 Å². The second-order valence-corrected chi connectivity index (χ2v) is 3.76. The summed E-state index contributed by atoms with van der Waals surface area (Å²) in [6.45, 7) is 0. The highest BCUT2D eigenvalue weighted by atomic mass is 16.5. The van der Waals surface area contributed by atoms with Crippen molar-refractivity contribution < 1.29 is 4.74 Å². The van der Waals surface area contributed by atoms with E-state index in [0.29, 0.717) is 5.95 Å². The maximum Gasteiger partial charge on any atom is 0.247 e. The topological polar surface area (TPSA) is 51.5 Å². The van der Waals surface area contributed by atoms with E-state index in [1.807, 2.05) is 48.7 Å². The Morgan fingerprint density at radius 2 is 1.94 bits per heavy atom. The van der Waals surface area contributed by atoms with Crippen LogP contribution >= 0.6 is 0 Å². The first kappa shape index (κ1) is 10.6. The van der Waals surface area contributed by atoms with Gasteiger partial charge in [-0.25, -0.2) is 4.52 Å². The predicted molar refractivity (Wildman–Crippen MR) is 69.3 cm³/mol. The third kappa shape index (κ3) is 1.86. The Balaban J connectivity index is 1.96. The van der Waals surface area contributed by atoms with Crippen LogP contribution in [0.1, 0.15) is 0 Å². The van der Waals surface area contributed by atoms with Gasteiger partial charge in [-0.05, 0) is 24.3 Å². The van der Waals surface area contributed by atoms with Crippen LogP contribution in [0, 0.1) is 0 Å². The Bertz CT molecular complexity index is 644. The number of fused-ring (bicyclic) bond motifs is 1. The van der Waals surface area contributed by atoms with Gasteiger partial charge in [0.05, 0.1) is 12.8 Å². The van der Waals surface area contributed by atoms with E-state index in [0.717, 1.165) is 17.1 Å². The summed E-state index contributed by atoms with van der Waals surface area (Å²) in [5.74, 6) is 1.31. The van der Waals surface area contributed by atoms with Gasteiger partial charge in [-0.2, -0.15) is 4.98 Å². The van der Waals surface area contributed by atoms with Crippen LogP contribution in [0.5, 0.6) is 5.75 Å². The summed E-state index contributed by atoms with van der Waals surface area (Å²) in [5.41, 5.74) is 1.64. The van der Waals surface area contributed by atoms with E-state index in [2.05, 4.69) is 15.4 Å². The molecule has 0 fully saturated rings. The number of nitrogens with zero attached hydrogens (tertiary/aromatic N) is 3. The molecule has 0 unspecified atom stereocenters. The normalized spacial score (nSPS) is 10.5. The minimum atomic E-state index is 0.547. The fourth-order valence-corrected chi connectivity index (χ4v) is 1.75. The molecular weight excluding hydrogens is 228 g/mol. The smallest absolute Gasteiger partial charge is 0.247 e. The summed E-state index contributed by atoms with van der Waals surface area (Å²) in [5, 5.41) is 7.47. The summed E-state index contributed by atoms with van der Waals surface area (Å²) < 4.78 is 6.99. The van der Waals surface area contributed by atoms with Crippen molar-refractivity contribution in [2.24, 2.45) is 0 Å². The van der Waals surface area contributed by atoms with E-state index < -0.39 is 0 Å². The van der Waals surface area contributed by atoms with Crippen LogP contribution in [0.25, 0.3) is 5.65 Å². The lowest BCUT2D eigenvalue weighted by Gasteiger charge is -2.07. The second-order valence-electron chi connectivity index (χ2n) is 3.76. The summed E-state index contributed by atoms with van der Waals surface area (Å²) in [6, 6.07) is 13.4. The molecule has 18 heavy (non-hydrogen) atoms. The quantitative estimate of drug-likeness (QED) is 0.764. The lowest BCUT2D eigenvalue weighted by Crippen LogP contribution is -1.96. The number of methoxy groups -OCH3 is 1. The highest BCUT2D eigenvalue weighted by Gasteiger charge is 2.06. The molecule has 0 aliphatic carbocycles. The van der Waals surface area contributed by atoms with E-state index in [-0.39, 0.29) is 0 Å². The zero-order valence-corrected chi connectivity index (χ0v) is 9.87. The first-order valence-corrected chi connectivity index (χ1v) is 5.58. The molecule has 3 rings (SSSR count). The number of para-hydroxylation sites is 2. The number of hydrogen-bond acceptors (Lipinski definition) is 4. The van der Waals surface area contributed by atoms with Crippen LogP contribution in [-0.2, 0) is 0 Å². The zero-order chi connectivity index (χ0) is 12.4. The van der Waals surface area contributed by atoms with Gasteiger partial charge in [0, 0.05) is 6.20 Å². The van der Waals surface area contributed by atoms with Gasteiger partial charge in [0.25, 0.3) is 0 Å². The maximum absolute atomic E-state index is 5.27. The molecule has 5 nitrogen and oxygen atoms in total. The molecule has 2 aromatic heterocycles. The molecule has 0 saturated heterocycles. The van der Waals surface area contributed by atoms with E-state index in [1.165, 1.54) is 0 Å². The molecule has 0 aliphatic heterocycles. The molecule has 0 amide bonds. The Kier molecular flexibility index (Phi) is 2.57. The van der Waals surface area contributed by atoms with Crippen molar-refractivity contribution in [2.75, 3.05) is 12.4 Å². The van der Waals surface area contributed by atoms with Gasteiger partial charge in [0.15, 0.2) is 5.65 Å². The third-order valence-electron chi connectivity index (χ3n) is 2.59. The SMILES string of the molecule is COc1ccccc1Nc1nc2ccccn2n1. The first-order valence-electron chi connectivity index (χ1n) is 5.58. The van der Waals surface area contributed by atoms with Gasteiger partial charge in [0.1, 0.15) is 5.75 Å². The Hall–Kier alpha value is -2.56. The van der Waals surface area contributed by atoms with Gasteiger partial charge >= 0.3 is 0 Å². The average Bonchev–Trinajstić information content (AvgIpc) is 2.81. The van der Waals surface area contributed by atoms with E-state index in [1.54, 1.807) is 11.6 Å². The molecule has 3 aromatic rings. The lowest BCUT2D eigenvalue weighted by molar-refractivity contribution is 0.417. The average molecular weight is 240 g/mol. The monoisotopic (exact) mass is 240 g/mol. The molecule has 1 N–H and O–H groups in total. The van der Waals surface area contributed by atoms with Crippen LogP contribution in [0.15, 0.2) is 48.7 Å². The highest BCUT2D eigenvalue weighted by molar-refractivity contribution is 5.63. The third-order valence-corrected chi connectivity index (χ3v) is 2.59. The van der Waals surface area contributed by atoms with Crippen LogP contribution in [-0.4, -0.2) is 21.7 Å². The summed E-state index contributed by atoms with van der Waals surface area (Å²) in [4.78, 5) is 4.37. The fraction of sp³-hybridized carbons (Fsp3) is 0.0769. The molecule has 0 radical (unpaired) electrons. The second kappa shape index (κ2) is 4.37. The minimum absolute atomic E-state index is 0.547. The van der Waals surface area contributed by atoms with E-state index in [9.17, 15) is 0 Å². The van der Waals surface area contributed by atoms with Gasteiger partial charge in [-0.3, -0.25) is 0 Å². The van der Waals surface area contributed by atoms with Gasteiger partial charge in [-0.1, -0.05) is 18.2 Å². The van der Waals surface area contributed by atoms with Gasteiger partial charge in [0.2, 0.25) is 5.95 Å². The van der Waals surface area contributed by atoms with Crippen molar-refractivity contribution in [2.45, 2.75) is 0 Å². The molecule has 90 valence electrons. The van der Waals surface area contributed by atoms with Crippen molar-refractivity contribution in [3.63, 3.8) is 0 Å². The Morgan fingerprint density at radius 1 is 1.11 bits per heavy atom. The predicted octanol–water partition coefficient (Wildman–Crippen LogP) is 2.48. The Labute approximate surface area is 104 Å². The summed E-state index contributed by atoms with van der Waals surface area (Å²) in [6.07, 6.45) is 1.86. The molecule has 0 aliphatic rings. The lowest BCUT2D eigenvalue weighted by atomic mass is 10.3. The van der Waals surface area contributed by atoms with E-state index in [4.69, 9.17) is 4.74 Å². The van der Waals surface area contributed by atoms with Crippen LogP contribution in [0.2, 0.25) is 0 Å². The molecule has 2 heterocycles. The van der Waals surface area contributed by atoms with Gasteiger partial charge in [-0.15, -0.1) is 5.10 Å². The van der Waals surface area contributed by atoms with Crippen LogP contribution in [0.3, 0.4) is 0 Å². The van der Waals surface area contributed by atoms with Crippen molar-refractivity contribution in [3.8, 4) is 5.75 Å². The molecule has 0 spiro atoms. The largest absolute Gasteiger partial charge is 0.495 e. The van der Waals surface area contributed by atoms with Crippen molar-refractivity contribution >= 4 is 17.3 Å². The number of hydrogen-bond donors (Lipinski definition) is 1. The molecule has 0 atom stereocenters. The number of aromatic nitrogens is 3. The Morgan fingerprint density at radius 3 is 2.78 bits per heavy atom. The molecular formula is C13H12N4O. The number of ether oxygens (including phenoxy) is 1. The standard InChI is InChI=1S/C13H12N4O/c1-18-11-7-3-2-6-10(11)14-13-15-12-8-4-5-9-17(12)16-13/h2-9H,1H3,(H,14,16). The first-order chi connectivity index (χ1) is 8.86. The van der Waals surface area contributed by atoms with Crippen LogP contribution in [0.4, 0.5) is 11.6 Å². The number of rotatable bonds is 3. The van der Waals surface area contributed by atoms with Crippen molar-refractivity contribution in [3.05, 3.63) is 48.7 Å². The van der Waals surface area contributed by atoms with Crippen molar-refractivity contribution in [1.29, 1.82) is 0 Å². The number of benzene rings is 1. The number of pyridine rings is 1. The minimum Gasteiger partial charge on any atom is -0.495 e.